The second-order valence-electron chi connectivity index (χ2n) is 5.82. The van der Waals surface area contributed by atoms with Gasteiger partial charge in [-0.2, -0.15) is 0 Å². The molecular weight excluding hydrogens is 425 g/mol. The lowest BCUT2D eigenvalue weighted by Crippen LogP contribution is -2.24. The van der Waals surface area contributed by atoms with Crippen LogP contribution in [0.25, 0.3) is 0 Å². The highest BCUT2D eigenvalue weighted by Crippen LogP contribution is 2.24. The molecule has 0 N–H and O–H groups in total. The molecule has 2 aromatic heterocycles. The molecule has 0 bridgehead atoms. The van der Waals surface area contributed by atoms with Crippen molar-refractivity contribution in [3.63, 3.8) is 0 Å². The van der Waals surface area contributed by atoms with E-state index in [-0.39, 0.29) is 34.5 Å². The molecule has 0 saturated carbocycles. The van der Waals surface area contributed by atoms with Crippen molar-refractivity contribution in [3.05, 3.63) is 91.8 Å². The van der Waals surface area contributed by atoms with E-state index in [1.165, 1.54) is 4.57 Å². The van der Waals surface area contributed by atoms with Gasteiger partial charge in [0, 0.05) is 29.6 Å². The van der Waals surface area contributed by atoms with Gasteiger partial charge < -0.3 is 9.30 Å². The number of rotatable bonds is 5. The van der Waals surface area contributed by atoms with Crippen LogP contribution in [0.3, 0.4) is 0 Å². The minimum Gasteiger partial charge on any atom is -0.487 e. The first-order valence-electron chi connectivity index (χ1n) is 7.93. The standard InChI is InChI=1S/C19H14BrF3N2O2/c1-11-6-17(27-10-12-7-15(22)16(23)8-14(12)21)18(20)19(26)25(11)9-13-4-2-3-5-24-13/h2-8H,9-10H2,1H3. The smallest absolute Gasteiger partial charge is 0.269 e. The lowest BCUT2D eigenvalue weighted by molar-refractivity contribution is 0.294. The van der Waals surface area contributed by atoms with Crippen LogP contribution in [0.5, 0.6) is 5.75 Å². The fourth-order valence-electron chi connectivity index (χ4n) is 2.50. The number of aryl methyl sites for hydroxylation is 1. The normalized spacial score (nSPS) is 10.9. The first kappa shape index (κ1) is 19.2. The van der Waals surface area contributed by atoms with E-state index in [2.05, 4.69) is 20.9 Å². The number of halogens is 4. The Morgan fingerprint density at radius 2 is 1.85 bits per heavy atom. The summed E-state index contributed by atoms with van der Waals surface area (Å²) in [4.78, 5) is 16.8. The Labute approximate surface area is 161 Å². The van der Waals surface area contributed by atoms with Gasteiger partial charge in [0.2, 0.25) is 0 Å². The maximum absolute atomic E-state index is 13.7. The molecule has 1 aromatic carbocycles. The van der Waals surface area contributed by atoms with Gasteiger partial charge in [-0.15, -0.1) is 0 Å². The Bertz CT molecular complexity index is 1040. The molecule has 0 fully saturated rings. The summed E-state index contributed by atoms with van der Waals surface area (Å²) >= 11 is 3.19. The predicted octanol–water partition coefficient (Wildman–Crippen LogP) is 4.36. The Hall–Kier alpha value is -2.61. The SMILES string of the molecule is Cc1cc(OCc2cc(F)c(F)cc2F)c(Br)c(=O)n1Cc1ccccn1. The second kappa shape index (κ2) is 7.96. The average Bonchev–Trinajstić information content (AvgIpc) is 2.65. The van der Waals surface area contributed by atoms with Crippen LogP contribution >= 0.6 is 15.9 Å². The third-order valence-electron chi connectivity index (χ3n) is 3.93. The van der Waals surface area contributed by atoms with Gasteiger partial charge in [0.15, 0.2) is 11.6 Å². The molecule has 3 aromatic rings. The maximum Gasteiger partial charge on any atom is 0.269 e. The summed E-state index contributed by atoms with van der Waals surface area (Å²) in [7, 11) is 0. The molecule has 0 aliphatic carbocycles. The maximum atomic E-state index is 13.7. The van der Waals surface area contributed by atoms with Crippen LogP contribution in [-0.4, -0.2) is 9.55 Å². The third-order valence-corrected chi connectivity index (χ3v) is 4.66. The fourth-order valence-corrected chi connectivity index (χ4v) is 2.94. The van der Waals surface area contributed by atoms with Crippen LogP contribution in [0.2, 0.25) is 0 Å². The number of hydrogen-bond donors (Lipinski definition) is 0. The summed E-state index contributed by atoms with van der Waals surface area (Å²) in [6.45, 7) is 1.65. The van der Waals surface area contributed by atoms with E-state index in [4.69, 9.17) is 4.74 Å². The number of pyridine rings is 2. The van der Waals surface area contributed by atoms with E-state index in [1.807, 2.05) is 6.07 Å². The monoisotopic (exact) mass is 438 g/mol. The first-order valence-corrected chi connectivity index (χ1v) is 8.72. The average molecular weight is 439 g/mol. The van der Waals surface area contributed by atoms with Gasteiger partial charge in [-0.05, 0) is 41.1 Å². The minimum absolute atomic E-state index is 0.145. The van der Waals surface area contributed by atoms with E-state index in [9.17, 15) is 18.0 Å². The molecule has 2 heterocycles. The van der Waals surface area contributed by atoms with Crippen LogP contribution in [-0.2, 0) is 13.2 Å². The Kier molecular flexibility index (Phi) is 5.65. The van der Waals surface area contributed by atoms with Crippen LogP contribution in [0, 0.1) is 24.4 Å². The van der Waals surface area contributed by atoms with E-state index < -0.39 is 17.5 Å². The predicted molar refractivity (Wildman–Crippen MR) is 97.1 cm³/mol. The van der Waals surface area contributed by atoms with Crippen molar-refractivity contribution >= 4 is 15.9 Å². The number of benzene rings is 1. The summed E-state index contributed by atoms with van der Waals surface area (Å²) in [6.07, 6.45) is 1.64. The highest BCUT2D eigenvalue weighted by atomic mass is 79.9. The van der Waals surface area contributed by atoms with Crippen molar-refractivity contribution in [2.45, 2.75) is 20.1 Å². The van der Waals surface area contributed by atoms with E-state index in [1.54, 1.807) is 31.3 Å². The van der Waals surface area contributed by atoms with Gasteiger partial charge in [0.1, 0.15) is 22.6 Å². The molecule has 0 saturated heterocycles. The van der Waals surface area contributed by atoms with Gasteiger partial charge in [-0.1, -0.05) is 6.07 Å². The minimum atomic E-state index is -1.27. The Morgan fingerprint density at radius 1 is 1.11 bits per heavy atom. The van der Waals surface area contributed by atoms with E-state index in [0.717, 1.165) is 6.07 Å². The molecule has 0 unspecified atom stereocenters. The van der Waals surface area contributed by atoms with Crippen molar-refractivity contribution in [3.8, 4) is 5.75 Å². The topological polar surface area (TPSA) is 44.1 Å². The Morgan fingerprint density at radius 3 is 2.56 bits per heavy atom. The highest BCUT2D eigenvalue weighted by Gasteiger charge is 2.15. The number of ether oxygens (including phenoxy) is 1. The van der Waals surface area contributed by atoms with Crippen molar-refractivity contribution < 1.29 is 17.9 Å². The van der Waals surface area contributed by atoms with Crippen LogP contribution in [0.4, 0.5) is 13.2 Å². The molecule has 140 valence electrons. The van der Waals surface area contributed by atoms with Crippen molar-refractivity contribution in [2.75, 3.05) is 0 Å². The van der Waals surface area contributed by atoms with Gasteiger partial charge in [-0.25, -0.2) is 13.2 Å². The number of nitrogens with zero attached hydrogens (tertiary/aromatic N) is 2. The molecule has 4 nitrogen and oxygen atoms in total. The lowest BCUT2D eigenvalue weighted by Gasteiger charge is -2.14. The molecule has 0 aliphatic heterocycles. The van der Waals surface area contributed by atoms with Gasteiger partial charge in [0.25, 0.3) is 5.56 Å². The Balaban J connectivity index is 1.85. The third kappa shape index (κ3) is 4.21. The van der Waals surface area contributed by atoms with Gasteiger partial charge in [0.05, 0.1) is 12.2 Å². The molecule has 0 spiro atoms. The summed E-state index contributed by atoms with van der Waals surface area (Å²) in [5, 5.41) is 0. The molecule has 0 radical (unpaired) electrons. The summed E-state index contributed by atoms with van der Waals surface area (Å²) in [6, 6.07) is 8.20. The molecule has 3 rings (SSSR count). The van der Waals surface area contributed by atoms with E-state index in [0.29, 0.717) is 17.5 Å². The summed E-state index contributed by atoms with van der Waals surface area (Å²) in [5.74, 6) is -3.19. The lowest BCUT2D eigenvalue weighted by atomic mass is 10.2. The fraction of sp³-hybridized carbons (Fsp3) is 0.158. The van der Waals surface area contributed by atoms with E-state index >= 15 is 0 Å². The zero-order chi connectivity index (χ0) is 19.6. The van der Waals surface area contributed by atoms with Crippen molar-refractivity contribution in [1.82, 2.24) is 9.55 Å². The van der Waals surface area contributed by atoms with Crippen LogP contribution < -0.4 is 10.3 Å². The molecule has 0 atom stereocenters. The molecule has 0 amide bonds. The highest BCUT2D eigenvalue weighted by molar-refractivity contribution is 9.10. The van der Waals surface area contributed by atoms with Gasteiger partial charge in [-0.3, -0.25) is 9.78 Å². The molecule has 27 heavy (non-hydrogen) atoms. The summed E-state index contributed by atoms with van der Waals surface area (Å²) in [5.41, 5.74) is 0.819. The quantitative estimate of drug-likeness (QED) is 0.556. The summed E-state index contributed by atoms with van der Waals surface area (Å²) < 4.78 is 47.1. The largest absolute Gasteiger partial charge is 0.487 e. The molecular formula is C19H14BrF3N2O2. The molecule has 0 aliphatic rings. The van der Waals surface area contributed by atoms with Crippen molar-refractivity contribution in [2.24, 2.45) is 0 Å². The molecule has 8 heteroatoms. The number of hydrogen-bond acceptors (Lipinski definition) is 3. The zero-order valence-corrected chi connectivity index (χ0v) is 15.8. The van der Waals surface area contributed by atoms with Crippen molar-refractivity contribution in [1.29, 1.82) is 0 Å². The first-order chi connectivity index (χ1) is 12.9. The van der Waals surface area contributed by atoms with Crippen LogP contribution in [0.1, 0.15) is 17.0 Å². The zero-order valence-electron chi connectivity index (χ0n) is 14.2. The second-order valence-corrected chi connectivity index (χ2v) is 6.62. The number of aromatic nitrogens is 2. The van der Waals surface area contributed by atoms with Gasteiger partial charge >= 0.3 is 0 Å². The van der Waals surface area contributed by atoms with Crippen LogP contribution in [0.15, 0.2) is 51.9 Å².